The zero-order valence-corrected chi connectivity index (χ0v) is 19.2. The summed E-state index contributed by atoms with van der Waals surface area (Å²) in [5.41, 5.74) is 1.000. The molecule has 31 heavy (non-hydrogen) atoms. The van der Waals surface area contributed by atoms with Crippen molar-refractivity contribution in [3.63, 3.8) is 0 Å². The Kier molecular flexibility index (Phi) is 6.35. The number of fused-ring (bicyclic) bond motifs is 1. The zero-order valence-electron chi connectivity index (χ0n) is 17.6. The number of amides is 1. The second-order valence-corrected chi connectivity index (χ2v) is 10.5. The fourth-order valence-corrected chi connectivity index (χ4v) is 5.87. The van der Waals surface area contributed by atoms with Gasteiger partial charge in [-0.3, -0.25) is 9.20 Å². The average molecular weight is 463 g/mol. The first-order valence-electron chi connectivity index (χ1n) is 10.2. The summed E-state index contributed by atoms with van der Waals surface area (Å²) in [5.74, 6) is 1.13. The van der Waals surface area contributed by atoms with Crippen molar-refractivity contribution in [1.29, 1.82) is 0 Å². The minimum absolute atomic E-state index is 0.149. The molecule has 166 valence electrons. The van der Waals surface area contributed by atoms with Gasteiger partial charge in [-0.1, -0.05) is 6.07 Å². The van der Waals surface area contributed by atoms with Crippen LogP contribution in [0, 0.1) is 0 Å². The van der Waals surface area contributed by atoms with Crippen LogP contribution in [0.2, 0.25) is 0 Å². The van der Waals surface area contributed by atoms with Crippen LogP contribution in [0.1, 0.15) is 41.6 Å². The standard InChI is InChI=1S/C20H26N6O3S2/c1-24-14-15(31(28,29)25-9-5-6-10-25)13-17(24)20(27)21-16(8-12-30-2)19-23-22-18-7-3-4-11-26(18)19/h3-4,7,11,13-14,16H,5-6,8-10,12H2,1-2H3,(H,21,27). The minimum atomic E-state index is -3.59. The van der Waals surface area contributed by atoms with Gasteiger partial charge in [0.05, 0.1) is 6.04 Å². The molecule has 0 aromatic carbocycles. The van der Waals surface area contributed by atoms with E-state index < -0.39 is 10.0 Å². The highest BCUT2D eigenvalue weighted by atomic mass is 32.2. The molecule has 3 aromatic heterocycles. The second kappa shape index (κ2) is 9.01. The lowest BCUT2D eigenvalue weighted by molar-refractivity contribution is 0.0925. The Morgan fingerprint density at radius 1 is 1.26 bits per heavy atom. The van der Waals surface area contributed by atoms with Crippen molar-refractivity contribution < 1.29 is 13.2 Å². The van der Waals surface area contributed by atoms with Crippen molar-refractivity contribution in [2.24, 2.45) is 7.05 Å². The third-order valence-electron chi connectivity index (χ3n) is 5.48. The molecular weight excluding hydrogens is 436 g/mol. The summed E-state index contributed by atoms with van der Waals surface area (Å²) in [6, 6.07) is 6.73. The van der Waals surface area contributed by atoms with E-state index in [1.54, 1.807) is 23.4 Å². The Hall–Kier alpha value is -2.37. The van der Waals surface area contributed by atoms with Crippen LogP contribution in [0.5, 0.6) is 0 Å². The predicted molar refractivity (Wildman–Crippen MR) is 120 cm³/mol. The molecule has 3 aromatic rings. The number of nitrogens with one attached hydrogen (secondary N) is 1. The molecule has 1 N–H and O–H groups in total. The Balaban J connectivity index is 1.60. The van der Waals surface area contributed by atoms with Gasteiger partial charge in [0.25, 0.3) is 5.91 Å². The number of hydrogen-bond acceptors (Lipinski definition) is 6. The van der Waals surface area contributed by atoms with Crippen LogP contribution in [0.25, 0.3) is 5.65 Å². The Labute approximate surface area is 185 Å². The van der Waals surface area contributed by atoms with Crippen molar-refractivity contribution in [3.05, 3.63) is 48.2 Å². The molecule has 4 rings (SSSR count). The zero-order chi connectivity index (χ0) is 22.0. The van der Waals surface area contributed by atoms with Crippen molar-refractivity contribution in [3.8, 4) is 0 Å². The molecule has 1 amide bonds. The minimum Gasteiger partial charge on any atom is -0.345 e. The van der Waals surface area contributed by atoms with Gasteiger partial charge in [-0.05, 0) is 49.5 Å². The monoisotopic (exact) mass is 462 g/mol. The average Bonchev–Trinajstić information content (AvgIpc) is 3.50. The maximum atomic E-state index is 13.1. The van der Waals surface area contributed by atoms with Gasteiger partial charge in [0.1, 0.15) is 10.6 Å². The maximum absolute atomic E-state index is 13.1. The lowest BCUT2D eigenvalue weighted by atomic mass is 10.2. The summed E-state index contributed by atoms with van der Waals surface area (Å²) in [6.07, 6.45) is 7.78. The molecular formula is C20H26N6O3S2. The molecule has 1 aliphatic heterocycles. The van der Waals surface area contributed by atoms with Crippen LogP contribution in [-0.2, 0) is 17.1 Å². The highest BCUT2D eigenvalue weighted by Crippen LogP contribution is 2.24. The number of aromatic nitrogens is 4. The lowest BCUT2D eigenvalue weighted by Crippen LogP contribution is -2.31. The summed E-state index contributed by atoms with van der Waals surface area (Å²) in [7, 11) is -1.90. The number of nitrogens with zero attached hydrogens (tertiary/aromatic N) is 5. The quantitative estimate of drug-likeness (QED) is 0.550. The molecule has 0 saturated carbocycles. The van der Waals surface area contributed by atoms with Crippen LogP contribution < -0.4 is 5.32 Å². The van der Waals surface area contributed by atoms with E-state index in [-0.39, 0.29) is 16.8 Å². The summed E-state index contributed by atoms with van der Waals surface area (Å²) in [4.78, 5) is 13.3. The fraction of sp³-hybridized carbons (Fsp3) is 0.450. The van der Waals surface area contributed by atoms with E-state index in [1.165, 1.54) is 16.6 Å². The largest absolute Gasteiger partial charge is 0.345 e. The first-order valence-corrected chi connectivity index (χ1v) is 13.0. The predicted octanol–water partition coefficient (Wildman–Crippen LogP) is 2.08. The number of rotatable bonds is 8. The molecule has 1 saturated heterocycles. The number of pyridine rings is 1. The van der Waals surface area contributed by atoms with Crippen molar-refractivity contribution >= 4 is 33.3 Å². The van der Waals surface area contributed by atoms with E-state index in [9.17, 15) is 13.2 Å². The number of carbonyl (C=O) groups is 1. The number of sulfonamides is 1. The topological polar surface area (TPSA) is 102 Å². The number of aryl methyl sites for hydroxylation is 1. The van der Waals surface area contributed by atoms with Crippen LogP contribution >= 0.6 is 11.8 Å². The molecule has 9 nitrogen and oxygen atoms in total. The molecule has 1 atom stereocenters. The van der Waals surface area contributed by atoms with Gasteiger partial charge in [0, 0.05) is 32.5 Å². The molecule has 0 aliphatic carbocycles. The number of carbonyl (C=O) groups excluding carboxylic acids is 1. The van der Waals surface area contributed by atoms with Gasteiger partial charge < -0.3 is 9.88 Å². The SMILES string of the molecule is CSCCC(NC(=O)c1cc(S(=O)(=O)N2CCCC2)cn1C)c1nnc2ccccn12. The summed E-state index contributed by atoms with van der Waals surface area (Å²) in [6.45, 7) is 1.05. The van der Waals surface area contributed by atoms with Gasteiger partial charge in [-0.15, -0.1) is 10.2 Å². The molecule has 11 heteroatoms. The van der Waals surface area contributed by atoms with Crippen LogP contribution in [-0.4, -0.2) is 62.9 Å². The van der Waals surface area contributed by atoms with E-state index in [4.69, 9.17) is 0 Å². The summed E-state index contributed by atoms with van der Waals surface area (Å²) < 4.78 is 30.7. The number of thioether (sulfide) groups is 1. The number of hydrogen-bond donors (Lipinski definition) is 1. The summed E-state index contributed by atoms with van der Waals surface area (Å²) >= 11 is 1.68. The molecule has 1 fully saturated rings. The Morgan fingerprint density at radius 3 is 2.77 bits per heavy atom. The Morgan fingerprint density at radius 2 is 2.03 bits per heavy atom. The van der Waals surface area contributed by atoms with Crippen LogP contribution in [0.3, 0.4) is 0 Å². The van der Waals surface area contributed by atoms with Gasteiger partial charge in [-0.2, -0.15) is 16.1 Å². The first-order chi connectivity index (χ1) is 14.9. The van der Waals surface area contributed by atoms with Crippen LogP contribution in [0.4, 0.5) is 0 Å². The van der Waals surface area contributed by atoms with Gasteiger partial charge in [-0.25, -0.2) is 8.42 Å². The van der Waals surface area contributed by atoms with E-state index in [0.29, 0.717) is 36.7 Å². The molecule has 1 unspecified atom stereocenters. The molecule has 0 spiro atoms. The van der Waals surface area contributed by atoms with Gasteiger partial charge >= 0.3 is 0 Å². The molecule has 0 bridgehead atoms. The Bertz CT molecular complexity index is 1180. The van der Waals surface area contributed by atoms with Crippen molar-refractivity contribution in [1.82, 2.24) is 28.8 Å². The van der Waals surface area contributed by atoms with E-state index in [2.05, 4.69) is 15.5 Å². The second-order valence-electron chi connectivity index (χ2n) is 7.58. The van der Waals surface area contributed by atoms with E-state index in [0.717, 1.165) is 18.6 Å². The van der Waals surface area contributed by atoms with Gasteiger partial charge in [0.15, 0.2) is 11.5 Å². The van der Waals surface area contributed by atoms with Crippen molar-refractivity contribution in [2.75, 3.05) is 25.1 Å². The molecule has 0 radical (unpaired) electrons. The molecule has 1 aliphatic rings. The van der Waals surface area contributed by atoms with Gasteiger partial charge in [0.2, 0.25) is 10.0 Å². The highest BCUT2D eigenvalue weighted by Gasteiger charge is 2.30. The lowest BCUT2D eigenvalue weighted by Gasteiger charge is -2.17. The third kappa shape index (κ3) is 4.35. The maximum Gasteiger partial charge on any atom is 0.268 e. The van der Waals surface area contributed by atoms with Crippen LogP contribution in [0.15, 0.2) is 41.6 Å². The summed E-state index contributed by atoms with van der Waals surface area (Å²) in [5, 5.41) is 11.5. The van der Waals surface area contributed by atoms with Crippen molar-refractivity contribution in [2.45, 2.75) is 30.2 Å². The third-order valence-corrected chi connectivity index (χ3v) is 7.99. The first kappa shape index (κ1) is 21.8. The van der Waals surface area contributed by atoms with E-state index in [1.807, 2.05) is 35.1 Å². The molecule has 4 heterocycles. The fourth-order valence-electron chi connectivity index (χ4n) is 3.81. The van der Waals surface area contributed by atoms with E-state index >= 15 is 0 Å². The highest BCUT2D eigenvalue weighted by molar-refractivity contribution is 7.98. The smallest absolute Gasteiger partial charge is 0.268 e. The normalized spacial score (nSPS) is 16.1.